The van der Waals surface area contributed by atoms with Gasteiger partial charge in [-0.3, -0.25) is 4.79 Å². The van der Waals surface area contributed by atoms with Gasteiger partial charge in [-0.2, -0.15) is 0 Å². The molecular formula is C14H14BrN3O. The van der Waals surface area contributed by atoms with Crippen molar-refractivity contribution in [1.29, 1.82) is 0 Å². The van der Waals surface area contributed by atoms with Crippen molar-refractivity contribution < 1.29 is 4.79 Å². The van der Waals surface area contributed by atoms with Crippen LogP contribution in [0.4, 0.5) is 5.82 Å². The molecule has 1 amide bonds. The van der Waals surface area contributed by atoms with Gasteiger partial charge in [0.1, 0.15) is 5.82 Å². The second-order valence-corrected chi connectivity index (χ2v) is 5.10. The van der Waals surface area contributed by atoms with Crippen molar-refractivity contribution in [2.45, 2.75) is 13.0 Å². The number of hydrogen-bond donors (Lipinski definition) is 2. The molecule has 1 unspecified atom stereocenters. The van der Waals surface area contributed by atoms with Crippen LogP contribution in [0.15, 0.2) is 47.1 Å². The van der Waals surface area contributed by atoms with Crippen molar-refractivity contribution in [2.24, 2.45) is 0 Å². The molecule has 1 aromatic carbocycles. The number of pyridine rings is 1. The molecule has 1 heterocycles. The third-order valence-corrected chi connectivity index (χ3v) is 3.27. The van der Waals surface area contributed by atoms with Crippen LogP contribution in [-0.2, 0) is 0 Å². The van der Waals surface area contributed by atoms with Gasteiger partial charge in [0.2, 0.25) is 0 Å². The summed E-state index contributed by atoms with van der Waals surface area (Å²) in [5.74, 6) is 0.0134. The Bertz CT molecular complexity index is 601. The van der Waals surface area contributed by atoms with Crippen molar-refractivity contribution in [3.63, 3.8) is 0 Å². The zero-order valence-corrected chi connectivity index (χ0v) is 12.0. The second-order valence-electron chi connectivity index (χ2n) is 4.19. The Labute approximate surface area is 120 Å². The number of nitrogen functional groups attached to an aromatic ring is 1. The van der Waals surface area contributed by atoms with Gasteiger partial charge in [0, 0.05) is 10.7 Å². The maximum absolute atomic E-state index is 12.1. The third kappa shape index (κ3) is 3.32. The molecule has 0 bridgehead atoms. The van der Waals surface area contributed by atoms with Crippen LogP contribution in [0.25, 0.3) is 0 Å². The van der Waals surface area contributed by atoms with Crippen LogP contribution in [0, 0.1) is 0 Å². The maximum Gasteiger partial charge on any atom is 0.255 e. The van der Waals surface area contributed by atoms with Crippen LogP contribution in [0.3, 0.4) is 0 Å². The third-order valence-electron chi connectivity index (χ3n) is 2.78. The summed E-state index contributed by atoms with van der Waals surface area (Å²) in [6.45, 7) is 1.92. The molecule has 1 atom stereocenters. The lowest BCUT2D eigenvalue weighted by molar-refractivity contribution is 0.0940. The minimum Gasteiger partial charge on any atom is -0.383 e. The van der Waals surface area contributed by atoms with Gasteiger partial charge < -0.3 is 11.1 Å². The average molecular weight is 320 g/mol. The lowest BCUT2D eigenvalue weighted by Gasteiger charge is -2.15. The van der Waals surface area contributed by atoms with E-state index in [9.17, 15) is 4.79 Å². The minimum absolute atomic E-state index is 0.107. The normalized spacial score (nSPS) is 11.9. The van der Waals surface area contributed by atoms with Gasteiger partial charge in [-0.15, -0.1) is 0 Å². The number of nitrogens with two attached hydrogens (primary N) is 1. The average Bonchev–Trinajstić information content (AvgIpc) is 2.39. The molecule has 0 radical (unpaired) electrons. The summed E-state index contributed by atoms with van der Waals surface area (Å²) in [6, 6.07) is 11.0. The smallest absolute Gasteiger partial charge is 0.255 e. The van der Waals surface area contributed by atoms with Gasteiger partial charge in [0.15, 0.2) is 0 Å². The topological polar surface area (TPSA) is 68.0 Å². The van der Waals surface area contributed by atoms with Gasteiger partial charge in [0.25, 0.3) is 5.91 Å². The molecule has 2 rings (SSSR count). The molecular weight excluding hydrogens is 306 g/mol. The zero-order chi connectivity index (χ0) is 13.8. The highest BCUT2D eigenvalue weighted by molar-refractivity contribution is 9.10. The molecule has 0 aliphatic rings. The zero-order valence-electron chi connectivity index (χ0n) is 10.4. The summed E-state index contributed by atoms with van der Waals surface area (Å²) in [7, 11) is 0. The highest BCUT2D eigenvalue weighted by atomic mass is 79.9. The first kappa shape index (κ1) is 13.5. The Balaban J connectivity index is 2.13. The number of rotatable bonds is 3. The van der Waals surface area contributed by atoms with Crippen molar-refractivity contribution in [3.8, 4) is 0 Å². The van der Waals surface area contributed by atoms with E-state index in [1.165, 1.54) is 0 Å². The molecule has 0 saturated carbocycles. The summed E-state index contributed by atoms with van der Waals surface area (Å²) in [4.78, 5) is 16.0. The van der Waals surface area contributed by atoms with E-state index in [1.807, 2.05) is 31.2 Å². The lowest BCUT2D eigenvalue weighted by Crippen LogP contribution is -2.27. The standard InChI is InChI=1S/C14H14BrN3O/c1-9(10-4-2-5-11(15)8-10)18-14(19)12-6-3-7-17-13(12)16/h2-9H,1H3,(H2,16,17)(H,18,19). The highest BCUT2D eigenvalue weighted by Gasteiger charge is 2.14. The minimum atomic E-state index is -0.224. The molecule has 5 heteroatoms. The van der Waals surface area contributed by atoms with Crippen molar-refractivity contribution in [1.82, 2.24) is 10.3 Å². The number of amides is 1. The number of anilines is 1. The molecule has 98 valence electrons. The van der Waals surface area contributed by atoms with E-state index in [-0.39, 0.29) is 17.8 Å². The van der Waals surface area contributed by atoms with Crippen LogP contribution in [0.5, 0.6) is 0 Å². The van der Waals surface area contributed by atoms with E-state index in [0.29, 0.717) is 5.56 Å². The Kier molecular flexibility index (Phi) is 4.16. The van der Waals surface area contributed by atoms with E-state index in [0.717, 1.165) is 10.0 Å². The fraction of sp³-hybridized carbons (Fsp3) is 0.143. The molecule has 4 nitrogen and oxygen atoms in total. The predicted molar refractivity (Wildman–Crippen MR) is 78.7 cm³/mol. The van der Waals surface area contributed by atoms with E-state index < -0.39 is 0 Å². The van der Waals surface area contributed by atoms with E-state index in [2.05, 4.69) is 26.2 Å². The number of carbonyl (C=O) groups is 1. The number of benzene rings is 1. The van der Waals surface area contributed by atoms with Crippen molar-refractivity contribution >= 4 is 27.7 Å². The van der Waals surface area contributed by atoms with Gasteiger partial charge in [-0.1, -0.05) is 28.1 Å². The molecule has 1 aromatic heterocycles. The molecule has 0 aliphatic heterocycles. The SMILES string of the molecule is CC(NC(=O)c1cccnc1N)c1cccc(Br)c1. The number of aromatic nitrogens is 1. The number of nitrogens with zero attached hydrogens (tertiary/aromatic N) is 1. The Hall–Kier alpha value is -1.88. The molecule has 0 aliphatic carbocycles. The van der Waals surface area contributed by atoms with Crippen LogP contribution >= 0.6 is 15.9 Å². The second kappa shape index (κ2) is 5.84. The van der Waals surface area contributed by atoms with Gasteiger partial charge in [0.05, 0.1) is 11.6 Å². The monoisotopic (exact) mass is 319 g/mol. The number of halogens is 1. The number of hydrogen-bond acceptors (Lipinski definition) is 3. The summed E-state index contributed by atoms with van der Waals surface area (Å²) < 4.78 is 0.979. The quantitative estimate of drug-likeness (QED) is 0.914. The Morgan fingerprint density at radius 1 is 1.37 bits per heavy atom. The van der Waals surface area contributed by atoms with Gasteiger partial charge >= 0.3 is 0 Å². The summed E-state index contributed by atoms with van der Waals surface area (Å²) in [5.41, 5.74) is 7.09. The Morgan fingerprint density at radius 2 is 2.16 bits per heavy atom. The van der Waals surface area contributed by atoms with Crippen molar-refractivity contribution in [3.05, 3.63) is 58.2 Å². The maximum atomic E-state index is 12.1. The van der Waals surface area contributed by atoms with Crippen LogP contribution in [0.1, 0.15) is 28.9 Å². The number of nitrogens with one attached hydrogen (secondary N) is 1. The molecule has 0 saturated heterocycles. The highest BCUT2D eigenvalue weighted by Crippen LogP contribution is 2.18. The summed E-state index contributed by atoms with van der Waals surface area (Å²) in [6.07, 6.45) is 1.56. The predicted octanol–water partition coefficient (Wildman–Crippen LogP) is 2.92. The van der Waals surface area contributed by atoms with Crippen molar-refractivity contribution in [2.75, 3.05) is 5.73 Å². The van der Waals surface area contributed by atoms with Crippen LogP contribution < -0.4 is 11.1 Å². The van der Waals surface area contributed by atoms with E-state index in [4.69, 9.17) is 5.73 Å². The first-order valence-electron chi connectivity index (χ1n) is 5.84. The molecule has 2 aromatic rings. The van der Waals surface area contributed by atoms with Crippen LogP contribution in [0.2, 0.25) is 0 Å². The van der Waals surface area contributed by atoms with Gasteiger partial charge in [-0.05, 0) is 36.8 Å². The van der Waals surface area contributed by atoms with Gasteiger partial charge in [-0.25, -0.2) is 4.98 Å². The fourth-order valence-corrected chi connectivity index (χ4v) is 2.16. The lowest BCUT2D eigenvalue weighted by atomic mass is 10.1. The van der Waals surface area contributed by atoms with E-state index in [1.54, 1.807) is 18.3 Å². The molecule has 0 spiro atoms. The Morgan fingerprint density at radius 3 is 2.84 bits per heavy atom. The summed E-state index contributed by atoms with van der Waals surface area (Å²) in [5, 5.41) is 2.90. The largest absolute Gasteiger partial charge is 0.383 e. The fourth-order valence-electron chi connectivity index (χ4n) is 1.74. The van der Waals surface area contributed by atoms with E-state index >= 15 is 0 Å². The van der Waals surface area contributed by atoms with Crippen LogP contribution in [-0.4, -0.2) is 10.9 Å². The first-order valence-corrected chi connectivity index (χ1v) is 6.64. The first-order chi connectivity index (χ1) is 9.08. The molecule has 0 fully saturated rings. The summed E-state index contributed by atoms with van der Waals surface area (Å²) >= 11 is 3.41. The number of carbonyl (C=O) groups excluding carboxylic acids is 1. The molecule has 3 N–H and O–H groups in total. The molecule has 19 heavy (non-hydrogen) atoms.